The zero-order chi connectivity index (χ0) is 37.6. The Balaban J connectivity index is 1.69. The lowest BCUT2D eigenvalue weighted by Crippen LogP contribution is -1.91. The predicted molar refractivity (Wildman–Crippen MR) is 205 cm³/mol. The topological polar surface area (TPSA) is 143 Å². The van der Waals surface area contributed by atoms with Crippen LogP contribution in [0.3, 0.4) is 0 Å². The summed E-state index contributed by atoms with van der Waals surface area (Å²) in [5.74, 6) is 0. The molecule has 1 fully saturated rings. The molecule has 6 nitrogen and oxygen atoms in total. The Morgan fingerprint density at radius 1 is 0.222 bits per heavy atom. The van der Waals surface area contributed by atoms with E-state index in [4.69, 9.17) is 0 Å². The van der Waals surface area contributed by atoms with Gasteiger partial charge < -0.3 is 0 Å². The van der Waals surface area contributed by atoms with E-state index in [1.807, 2.05) is 72.8 Å². The second kappa shape index (κ2) is 14.8. The molecule has 6 aromatic carbocycles. The number of nitriles is 6. The van der Waals surface area contributed by atoms with Crippen LogP contribution in [-0.2, 0) is 0 Å². The second-order valence-corrected chi connectivity index (χ2v) is 12.4. The van der Waals surface area contributed by atoms with Crippen LogP contribution in [0.5, 0.6) is 0 Å². The fraction of sp³-hybridized carbons (Fsp3) is 0. The average molecular weight is 685 g/mol. The molecule has 1 aliphatic carbocycles. The predicted octanol–water partition coefficient (Wildman–Crippen LogP) is 9.74. The fourth-order valence-electron chi connectivity index (χ4n) is 6.57. The van der Waals surface area contributed by atoms with E-state index in [-0.39, 0.29) is 0 Å². The fourth-order valence-corrected chi connectivity index (χ4v) is 6.57. The van der Waals surface area contributed by atoms with Crippen molar-refractivity contribution in [1.29, 1.82) is 31.6 Å². The van der Waals surface area contributed by atoms with E-state index < -0.39 is 0 Å². The summed E-state index contributed by atoms with van der Waals surface area (Å²) in [7, 11) is 0. The molecule has 0 aliphatic heterocycles. The zero-order valence-electron chi connectivity index (χ0n) is 28.5. The largest absolute Gasteiger partial charge is 0.192 e. The van der Waals surface area contributed by atoms with Crippen LogP contribution in [0.2, 0.25) is 0 Å². The van der Waals surface area contributed by atoms with Crippen molar-refractivity contribution in [2.75, 3.05) is 0 Å². The van der Waals surface area contributed by atoms with Crippen molar-refractivity contribution in [3.05, 3.63) is 229 Å². The van der Waals surface area contributed by atoms with Gasteiger partial charge >= 0.3 is 0 Å². The maximum Gasteiger partial charge on any atom is 0.0991 e. The van der Waals surface area contributed by atoms with Gasteiger partial charge in [0.1, 0.15) is 0 Å². The van der Waals surface area contributed by atoms with E-state index in [0.717, 1.165) is 66.8 Å². The molecule has 0 radical (unpaired) electrons. The number of hydrogen-bond donors (Lipinski definition) is 0. The van der Waals surface area contributed by atoms with E-state index in [1.165, 1.54) is 0 Å². The average Bonchev–Trinajstić information content (AvgIpc) is 3.94. The van der Waals surface area contributed by atoms with Crippen molar-refractivity contribution in [2.45, 2.75) is 0 Å². The number of rotatable bonds is 6. The standard InChI is InChI=1S/C48H24N6/c49-25-31-1-13-37(14-2-31)43(38-15-3-32(26-50)4-16-38)46-47(44(39-17-5-33(27-51)6-18-39)40-19-7-34(28-52)8-20-40)48(46)45(41-21-9-35(29-53)10-22-41)42-23-11-36(30-54)12-24-42/h1-24H. The summed E-state index contributed by atoms with van der Waals surface area (Å²) in [6, 6.07) is 57.6. The maximum atomic E-state index is 9.66. The molecule has 0 atom stereocenters. The Hall–Kier alpha value is -8.52. The van der Waals surface area contributed by atoms with Gasteiger partial charge in [-0.1, -0.05) is 72.8 Å². The summed E-state index contributed by atoms with van der Waals surface area (Å²) >= 11 is 0. The molecular formula is C48H24N6. The van der Waals surface area contributed by atoms with Gasteiger partial charge in [0.2, 0.25) is 0 Å². The van der Waals surface area contributed by atoms with Gasteiger partial charge in [0.05, 0.1) is 69.8 Å². The molecule has 54 heavy (non-hydrogen) atoms. The quantitative estimate of drug-likeness (QED) is 0.171. The molecule has 1 saturated carbocycles. The molecule has 246 valence electrons. The van der Waals surface area contributed by atoms with Gasteiger partial charge in [0.25, 0.3) is 0 Å². The van der Waals surface area contributed by atoms with Crippen LogP contribution in [0.4, 0.5) is 0 Å². The highest BCUT2D eigenvalue weighted by molar-refractivity contribution is 6.13. The van der Waals surface area contributed by atoms with E-state index in [1.54, 1.807) is 72.8 Å². The summed E-state index contributed by atoms with van der Waals surface area (Å²) in [6.07, 6.45) is 0. The highest BCUT2D eigenvalue weighted by Crippen LogP contribution is 2.59. The van der Waals surface area contributed by atoms with Crippen molar-refractivity contribution in [3.63, 3.8) is 0 Å². The molecule has 7 rings (SSSR count). The molecule has 0 aromatic heterocycles. The highest BCUT2D eigenvalue weighted by atomic mass is 14.4. The summed E-state index contributed by atoms with van der Waals surface area (Å²) in [4.78, 5) is 0. The Bertz CT molecular complexity index is 2290. The smallest absolute Gasteiger partial charge is 0.0991 e. The lowest BCUT2D eigenvalue weighted by Gasteiger charge is -2.10. The SMILES string of the molecule is N#Cc1ccc(C(=C2C(=C(c3ccc(C#N)cc3)c3ccc(C#N)cc3)C2=C(c2ccc(C#N)cc2)c2ccc(C#N)cc2)c2ccc(C#N)cc2)cc1. The molecule has 0 bridgehead atoms. The number of allylic oxidation sites excluding steroid dienone is 3. The summed E-state index contributed by atoms with van der Waals surface area (Å²) < 4.78 is 0. The minimum absolute atomic E-state index is 0.511. The van der Waals surface area contributed by atoms with E-state index >= 15 is 0 Å². The molecule has 6 heteroatoms. The Morgan fingerprint density at radius 3 is 0.463 bits per heavy atom. The van der Waals surface area contributed by atoms with Crippen LogP contribution in [0.25, 0.3) is 16.7 Å². The van der Waals surface area contributed by atoms with Crippen molar-refractivity contribution < 1.29 is 0 Å². The zero-order valence-corrected chi connectivity index (χ0v) is 28.5. The van der Waals surface area contributed by atoms with Crippen LogP contribution in [-0.4, -0.2) is 0 Å². The van der Waals surface area contributed by atoms with Crippen molar-refractivity contribution in [2.24, 2.45) is 0 Å². The summed E-state index contributed by atoms with van der Waals surface area (Å²) in [6.45, 7) is 0. The number of nitrogens with zero attached hydrogens (tertiary/aromatic N) is 6. The van der Waals surface area contributed by atoms with Crippen LogP contribution >= 0.6 is 0 Å². The number of benzene rings is 6. The lowest BCUT2D eigenvalue weighted by molar-refractivity contribution is 1.45. The minimum Gasteiger partial charge on any atom is -0.192 e. The molecular weight excluding hydrogens is 661 g/mol. The van der Waals surface area contributed by atoms with Gasteiger partial charge in [0, 0.05) is 0 Å². The van der Waals surface area contributed by atoms with Crippen LogP contribution < -0.4 is 0 Å². The molecule has 0 N–H and O–H groups in total. The summed E-state index contributed by atoms with van der Waals surface area (Å²) in [5, 5.41) is 58.0. The molecule has 0 spiro atoms. The third-order valence-corrected chi connectivity index (χ3v) is 9.25. The summed E-state index contributed by atoms with van der Waals surface area (Å²) in [5.41, 5.74) is 13.5. The van der Waals surface area contributed by atoms with Crippen LogP contribution in [0.1, 0.15) is 66.8 Å². The second-order valence-electron chi connectivity index (χ2n) is 12.4. The minimum atomic E-state index is 0.511. The molecule has 0 heterocycles. The number of hydrogen-bond acceptors (Lipinski definition) is 6. The van der Waals surface area contributed by atoms with Crippen molar-refractivity contribution in [1.82, 2.24) is 0 Å². The monoisotopic (exact) mass is 684 g/mol. The van der Waals surface area contributed by atoms with Gasteiger partial charge in [-0.25, -0.2) is 0 Å². The lowest BCUT2D eigenvalue weighted by atomic mass is 9.93. The van der Waals surface area contributed by atoms with Crippen molar-refractivity contribution in [3.8, 4) is 36.4 Å². The van der Waals surface area contributed by atoms with Gasteiger partial charge in [-0.05, 0) is 140 Å². The first kappa shape index (κ1) is 34.0. The molecule has 0 amide bonds. The maximum absolute atomic E-state index is 9.66. The van der Waals surface area contributed by atoms with Gasteiger partial charge in [0.15, 0.2) is 0 Å². The van der Waals surface area contributed by atoms with E-state index in [2.05, 4.69) is 36.4 Å². The molecule has 0 saturated heterocycles. The van der Waals surface area contributed by atoms with Gasteiger partial charge in [-0.2, -0.15) is 31.6 Å². The first-order chi connectivity index (χ1) is 26.5. The van der Waals surface area contributed by atoms with Crippen LogP contribution in [0, 0.1) is 68.0 Å². The van der Waals surface area contributed by atoms with Gasteiger partial charge in [-0.15, -0.1) is 0 Å². The van der Waals surface area contributed by atoms with E-state index in [0.29, 0.717) is 33.4 Å². The van der Waals surface area contributed by atoms with Crippen molar-refractivity contribution >= 4 is 16.7 Å². The normalized spacial score (nSPS) is 11.1. The van der Waals surface area contributed by atoms with Crippen LogP contribution in [0.15, 0.2) is 162 Å². The van der Waals surface area contributed by atoms with Gasteiger partial charge in [-0.3, -0.25) is 0 Å². The molecule has 0 unspecified atom stereocenters. The molecule has 6 aromatic rings. The first-order valence-electron chi connectivity index (χ1n) is 16.8. The Morgan fingerprint density at radius 2 is 0.352 bits per heavy atom. The highest BCUT2D eigenvalue weighted by Gasteiger charge is 2.41. The third-order valence-electron chi connectivity index (χ3n) is 9.25. The first-order valence-corrected chi connectivity index (χ1v) is 16.8. The Labute approximate surface area is 312 Å². The molecule has 1 aliphatic rings. The van der Waals surface area contributed by atoms with E-state index in [9.17, 15) is 31.6 Å². The Kier molecular flexibility index (Phi) is 9.28. The third kappa shape index (κ3) is 6.55.